The summed E-state index contributed by atoms with van der Waals surface area (Å²) in [6, 6.07) is 7.86. The minimum atomic E-state index is -0.965. The van der Waals surface area contributed by atoms with E-state index in [0.717, 1.165) is 17.9 Å². The van der Waals surface area contributed by atoms with Crippen LogP contribution in [0, 0.1) is 0 Å². The summed E-state index contributed by atoms with van der Waals surface area (Å²) in [7, 11) is 0. The molecule has 0 aliphatic carbocycles. The Hall–Kier alpha value is -0.510. The van der Waals surface area contributed by atoms with E-state index in [1.165, 1.54) is 5.56 Å². The van der Waals surface area contributed by atoms with Gasteiger partial charge in [-0.25, -0.2) is 0 Å². The molecular formula is C8H9NOS. The van der Waals surface area contributed by atoms with Crippen molar-refractivity contribution >= 4 is 11.4 Å². The molecule has 1 aliphatic rings. The second kappa shape index (κ2) is 2.85. The first kappa shape index (κ1) is 7.16. The van der Waals surface area contributed by atoms with Gasteiger partial charge in [0.25, 0.3) is 0 Å². The summed E-state index contributed by atoms with van der Waals surface area (Å²) in [5, 5.41) is 0. The molecular weight excluding hydrogens is 158 g/mol. The first-order valence-electron chi connectivity index (χ1n) is 3.61. The van der Waals surface area contributed by atoms with E-state index in [1.807, 2.05) is 24.3 Å². The van der Waals surface area contributed by atoms with E-state index in [2.05, 4.69) is 4.72 Å². The van der Waals surface area contributed by atoms with Gasteiger partial charge in [0.05, 0.1) is 11.4 Å². The van der Waals surface area contributed by atoms with Crippen molar-refractivity contribution in [1.82, 2.24) is 4.72 Å². The van der Waals surface area contributed by atoms with E-state index in [4.69, 9.17) is 0 Å². The highest BCUT2D eigenvalue weighted by molar-refractivity contribution is 7.89. The highest BCUT2D eigenvalue weighted by Gasteiger charge is 2.19. The molecule has 1 atom stereocenters. The molecule has 1 aromatic rings. The van der Waals surface area contributed by atoms with E-state index in [9.17, 15) is 4.55 Å². The molecule has 58 valence electrons. The predicted molar refractivity (Wildman–Crippen MR) is 44.6 cm³/mol. The molecule has 0 amide bonds. The molecule has 1 unspecified atom stereocenters. The summed E-state index contributed by atoms with van der Waals surface area (Å²) in [5.74, 6) is 0. The van der Waals surface area contributed by atoms with Gasteiger partial charge in [0.2, 0.25) is 0 Å². The van der Waals surface area contributed by atoms with Crippen LogP contribution in [-0.2, 0) is 17.8 Å². The first-order chi connectivity index (χ1) is 5.38. The Bertz CT molecular complexity index is 264. The van der Waals surface area contributed by atoms with Crippen LogP contribution in [-0.4, -0.2) is 11.1 Å². The fraction of sp³-hybridized carbons (Fsp3) is 0.250. The molecule has 0 spiro atoms. The number of nitrogens with one attached hydrogen (secondary N) is 1. The van der Waals surface area contributed by atoms with Crippen molar-refractivity contribution in [3.05, 3.63) is 29.8 Å². The molecule has 0 bridgehead atoms. The quantitative estimate of drug-likeness (QED) is 0.581. The highest BCUT2D eigenvalue weighted by Crippen LogP contribution is 2.18. The van der Waals surface area contributed by atoms with Crippen LogP contribution in [0.4, 0.5) is 0 Å². The second-order valence-electron chi connectivity index (χ2n) is 2.52. The Labute approximate surface area is 68.9 Å². The fourth-order valence-electron chi connectivity index (χ4n) is 1.25. The summed E-state index contributed by atoms with van der Waals surface area (Å²) < 4.78 is 14.2. The van der Waals surface area contributed by atoms with Gasteiger partial charge in [0.1, 0.15) is 0 Å². The smallest absolute Gasteiger partial charge is 0.177 e. The monoisotopic (exact) mass is 167 g/mol. The summed E-state index contributed by atoms with van der Waals surface area (Å²) in [5.41, 5.74) is 1.21. The van der Waals surface area contributed by atoms with Gasteiger partial charge >= 0.3 is 0 Å². The lowest BCUT2D eigenvalue weighted by molar-refractivity contribution is 0.572. The lowest BCUT2D eigenvalue weighted by Crippen LogP contribution is -2.31. The number of hydrogen-bond acceptors (Lipinski definition) is 2. The van der Waals surface area contributed by atoms with Crippen molar-refractivity contribution in [3.63, 3.8) is 0 Å². The zero-order valence-corrected chi connectivity index (χ0v) is 6.86. The molecule has 0 saturated carbocycles. The Morgan fingerprint density at radius 3 is 3.00 bits per heavy atom. The lowest BCUT2D eigenvalue weighted by atomic mass is 10.1. The number of rotatable bonds is 0. The molecule has 1 N–H and O–H groups in total. The van der Waals surface area contributed by atoms with Crippen LogP contribution in [0.2, 0.25) is 0 Å². The van der Waals surface area contributed by atoms with Gasteiger partial charge in [-0.2, -0.15) is 0 Å². The Balaban J connectivity index is 2.44. The Morgan fingerprint density at radius 2 is 2.18 bits per heavy atom. The van der Waals surface area contributed by atoms with Crippen molar-refractivity contribution in [3.8, 4) is 0 Å². The molecule has 1 aliphatic heterocycles. The molecule has 0 radical (unpaired) electrons. The number of benzene rings is 1. The number of hydrogen-bond donors (Lipinski definition) is 1. The van der Waals surface area contributed by atoms with Crippen molar-refractivity contribution in [2.75, 3.05) is 6.54 Å². The third kappa shape index (κ3) is 1.27. The summed E-state index contributed by atoms with van der Waals surface area (Å²) in [6.07, 6.45) is 0.988. The van der Waals surface area contributed by atoms with Gasteiger partial charge in [-0.05, 0) is 12.5 Å². The van der Waals surface area contributed by atoms with Gasteiger partial charge in [-0.15, -0.1) is 4.72 Å². The second-order valence-corrected chi connectivity index (χ2v) is 3.79. The topological polar surface area (TPSA) is 35.1 Å². The molecule has 2 rings (SSSR count). The molecule has 3 heteroatoms. The van der Waals surface area contributed by atoms with Crippen LogP contribution < -0.4 is 4.72 Å². The van der Waals surface area contributed by atoms with Crippen LogP contribution in [0.1, 0.15) is 5.56 Å². The number of fused-ring (bicyclic) bond motifs is 1. The standard InChI is InChI=1S/C8H9NOS/c10-11-8-4-2-1-3-7(8)5-6-9-11/h1-4,9H,5-6H2. The molecule has 0 saturated heterocycles. The average molecular weight is 167 g/mol. The Morgan fingerprint density at radius 1 is 1.36 bits per heavy atom. The van der Waals surface area contributed by atoms with Gasteiger partial charge < -0.3 is 4.55 Å². The SMILES string of the molecule is [O-][S+]1NCCc2ccccc21. The van der Waals surface area contributed by atoms with Crippen molar-refractivity contribution in [2.45, 2.75) is 11.3 Å². The van der Waals surface area contributed by atoms with Crippen molar-refractivity contribution in [1.29, 1.82) is 0 Å². The van der Waals surface area contributed by atoms with Crippen molar-refractivity contribution in [2.24, 2.45) is 0 Å². The molecule has 2 nitrogen and oxygen atoms in total. The highest BCUT2D eigenvalue weighted by atomic mass is 32.2. The normalized spacial score (nSPS) is 22.8. The fourth-order valence-corrected chi connectivity index (χ4v) is 2.30. The van der Waals surface area contributed by atoms with Crippen LogP contribution in [0.3, 0.4) is 0 Å². The predicted octanol–water partition coefficient (Wildman–Crippen LogP) is 0.855. The molecule has 11 heavy (non-hydrogen) atoms. The van der Waals surface area contributed by atoms with Gasteiger partial charge in [-0.1, -0.05) is 18.2 Å². The van der Waals surface area contributed by atoms with Crippen LogP contribution in [0.5, 0.6) is 0 Å². The van der Waals surface area contributed by atoms with Crippen LogP contribution in [0.25, 0.3) is 0 Å². The van der Waals surface area contributed by atoms with Crippen molar-refractivity contribution < 1.29 is 4.55 Å². The van der Waals surface area contributed by atoms with Gasteiger partial charge in [0.15, 0.2) is 4.90 Å². The zero-order valence-electron chi connectivity index (χ0n) is 6.04. The van der Waals surface area contributed by atoms with E-state index in [1.54, 1.807) is 0 Å². The maximum absolute atomic E-state index is 11.3. The third-order valence-corrected chi connectivity index (χ3v) is 3.06. The largest absolute Gasteiger partial charge is 0.593 e. The van der Waals surface area contributed by atoms with E-state index < -0.39 is 11.4 Å². The summed E-state index contributed by atoms with van der Waals surface area (Å²) >= 11 is -0.965. The summed E-state index contributed by atoms with van der Waals surface area (Å²) in [6.45, 7) is 0.823. The van der Waals surface area contributed by atoms with E-state index in [0.29, 0.717) is 0 Å². The first-order valence-corrected chi connectivity index (χ1v) is 4.76. The van der Waals surface area contributed by atoms with Crippen LogP contribution in [0.15, 0.2) is 29.2 Å². The van der Waals surface area contributed by atoms with E-state index in [-0.39, 0.29) is 0 Å². The minimum absolute atomic E-state index is 0.823. The molecule has 0 fully saturated rings. The molecule has 1 aromatic carbocycles. The van der Waals surface area contributed by atoms with Gasteiger partial charge in [0, 0.05) is 12.1 Å². The zero-order chi connectivity index (χ0) is 7.68. The molecule has 0 aromatic heterocycles. The minimum Gasteiger partial charge on any atom is -0.593 e. The van der Waals surface area contributed by atoms with E-state index >= 15 is 0 Å². The third-order valence-electron chi connectivity index (χ3n) is 1.80. The van der Waals surface area contributed by atoms with Crippen LogP contribution >= 0.6 is 0 Å². The lowest BCUT2D eigenvalue weighted by Gasteiger charge is -2.18. The molecule has 1 heterocycles. The van der Waals surface area contributed by atoms with Gasteiger partial charge in [-0.3, -0.25) is 0 Å². The average Bonchev–Trinajstić information content (AvgIpc) is 2.06. The maximum Gasteiger partial charge on any atom is 0.177 e. The summed E-state index contributed by atoms with van der Waals surface area (Å²) in [4.78, 5) is 0.943. The maximum atomic E-state index is 11.3. The Kier molecular flexibility index (Phi) is 1.85.